The average Bonchev–Trinajstić information content (AvgIpc) is 2.78. The Labute approximate surface area is 193 Å². The van der Waals surface area contributed by atoms with Gasteiger partial charge >= 0.3 is 0 Å². The number of rotatable bonds is 6. The van der Waals surface area contributed by atoms with Crippen molar-refractivity contribution < 1.29 is 17.9 Å². The minimum absolute atomic E-state index is 0.0234. The Kier molecular flexibility index (Phi) is 6.20. The maximum atomic E-state index is 13.0. The highest BCUT2D eigenvalue weighted by Crippen LogP contribution is 2.34. The van der Waals surface area contributed by atoms with Crippen LogP contribution in [0.15, 0.2) is 82.1 Å². The zero-order chi connectivity index (χ0) is 23.6. The summed E-state index contributed by atoms with van der Waals surface area (Å²) in [5, 5.41) is 2.83. The summed E-state index contributed by atoms with van der Waals surface area (Å²) in [6.07, 6.45) is 0. The zero-order valence-corrected chi connectivity index (χ0v) is 19.5. The van der Waals surface area contributed by atoms with Gasteiger partial charge in [-0.05, 0) is 55.3 Å². The summed E-state index contributed by atoms with van der Waals surface area (Å²) in [6, 6.07) is 21.0. The summed E-state index contributed by atoms with van der Waals surface area (Å²) >= 11 is 0. The standard InChI is InChI=1S/C25H25N3O4S/c1-17(2)16-28-18(3)27-33(30,31)24-15-19(13-14-22(24)28)25(29)26-21-11-7-8-12-23(21)32-20-9-5-4-6-10-20/h4-15,17H,16H2,1-3H3,(H,26,29). The molecule has 170 valence electrons. The molecular weight excluding hydrogens is 438 g/mol. The van der Waals surface area contributed by atoms with Gasteiger partial charge in [0.05, 0.1) is 11.4 Å². The fraction of sp³-hybridized carbons (Fsp3) is 0.200. The maximum absolute atomic E-state index is 13.0. The van der Waals surface area contributed by atoms with Gasteiger partial charge in [0.25, 0.3) is 15.9 Å². The molecule has 0 bridgehead atoms. The normalized spacial score (nSPS) is 14.4. The molecule has 1 aliphatic heterocycles. The van der Waals surface area contributed by atoms with Crippen molar-refractivity contribution >= 4 is 33.1 Å². The minimum atomic E-state index is -3.90. The van der Waals surface area contributed by atoms with Crippen molar-refractivity contribution in [2.75, 3.05) is 16.8 Å². The van der Waals surface area contributed by atoms with Gasteiger partial charge in [-0.25, -0.2) is 0 Å². The molecule has 0 aromatic heterocycles. The lowest BCUT2D eigenvalue weighted by Crippen LogP contribution is -2.36. The number of anilines is 2. The van der Waals surface area contributed by atoms with Gasteiger partial charge in [0.2, 0.25) is 0 Å². The molecule has 0 saturated heterocycles. The largest absolute Gasteiger partial charge is 0.455 e. The van der Waals surface area contributed by atoms with Gasteiger partial charge in [0.1, 0.15) is 16.5 Å². The fourth-order valence-corrected chi connectivity index (χ4v) is 4.86. The minimum Gasteiger partial charge on any atom is -0.455 e. The Morgan fingerprint density at radius 1 is 1.03 bits per heavy atom. The highest BCUT2D eigenvalue weighted by atomic mass is 32.2. The number of carbonyl (C=O) groups is 1. The third-order valence-corrected chi connectivity index (χ3v) is 6.48. The van der Waals surface area contributed by atoms with Crippen LogP contribution in [0.4, 0.5) is 11.4 Å². The van der Waals surface area contributed by atoms with E-state index in [1.54, 1.807) is 37.3 Å². The first-order chi connectivity index (χ1) is 15.7. The summed E-state index contributed by atoms with van der Waals surface area (Å²) in [4.78, 5) is 14.9. The van der Waals surface area contributed by atoms with Crippen LogP contribution in [-0.4, -0.2) is 26.7 Å². The number of benzene rings is 3. The number of hydrogen-bond acceptors (Lipinski definition) is 5. The number of carbonyl (C=O) groups excluding carboxylic acids is 1. The van der Waals surface area contributed by atoms with Gasteiger partial charge in [0, 0.05) is 12.1 Å². The second kappa shape index (κ2) is 9.07. The van der Waals surface area contributed by atoms with Crippen molar-refractivity contribution in [1.29, 1.82) is 0 Å². The molecular formula is C25H25N3O4S. The molecule has 1 heterocycles. The molecule has 0 saturated carbocycles. The lowest BCUT2D eigenvalue weighted by molar-refractivity contribution is 0.102. The Bertz CT molecular complexity index is 1320. The first-order valence-corrected chi connectivity index (χ1v) is 12.0. The Balaban J connectivity index is 1.63. The summed E-state index contributed by atoms with van der Waals surface area (Å²) < 4.78 is 35.3. The molecule has 0 atom stereocenters. The van der Waals surface area contributed by atoms with Crippen molar-refractivity contribution in [2.45, 2.75) is 25.7 Å². The molecule has 1 aliphatic rings. The first-order valence-electron chi connectivity index (χ1n) is 10.6. The lowest BCUT2D eigenvalue weighted by atomic mass is 10.1. The van der Waals surface area contributed by atoms with Crippen LogP contribution in [-0.2, 0) is 10.0 Å². The van der Waals surface area contributed by atoms with Crippen LogP contribution in [0, 0.1) is 5.92 Å². The number of amidine groups is 1. The third-order valence-electron chi connectivity index (χ3n) is 5.09. The van der Waals surface area contributed by atoms with Gasteiger partial charge in [-0.2, -0.15) is 8.42 Å². The third kappa shape index (κ3) is 4.90. The van der Waals surface area contributed by atoms with E-state index in [2.05, 4.69) is 9.71 Å². The van der Waals surface area contributed by atoms with E-state index < -0.39 is 15.9 Å². The van der Waals surface area contributed by atoms with E-state index in [4.69, 9.17) is 4.74 Å². The second-order valence-electron chi connectivity index (χ2n) is 8.17. The fourth-order valence-electron chi connectivity index (χ4n) is 3.60. The van der Waals surface area contributed by atoms with E-state index in [1.165, 1.54) is 6.07 Å². The number of para-hydroxylation sites is 3. The molecule has 3 aromatic rings. The van der Waals surface area contributed by atoms with Crippen LogP contribution in [0.25, 0.3) is 0 Å². The van der Waals surface area contributed by atoms with Gasteiger partial charge in [0.15, 0.2) is 5.75 Å². The number of amides is 1. The van der Waals surface area contributed by atoms with Crippen molar-refractivity contribution in [3.63, 3.8) is 0 Å². The lowest BCUT2D eigenvalue weighted by Gasteiger charge is -2.30. The molecule has 0 radical (unpaired) electrons. The monoisotopic (exact) mass is 463 g/mol. The Morgan fingerprint density at radius 3 is 2.45 bits per heavy atom. The molecule has 0 spiro atoms. The topological polar surface area (TPSA) is 88.1 Å². The molecule has 0 fully saturated rings. The van der Waals surface area contributed by atoms with Crippen LogP contribution < -0.4 is 15.0 Å². The highest BCUT2D eigenvalue weighted by molar-refractivity contribution is 7.90. The summed E-state index contributed by atoms with van der Waals surface area (Å²) in [6.45, 7) is 6.39. The van der Waals surface area contributed by atoms with E-state index >= 15 is 0 Å². The van der Waals surface area contributed by atoms with E-state index in [1.807, 2.05) is 55.1 Å². The molecule has 0 aliphatic carbocycles. The SMILES string of the molecule is CC1=NS(=O)(=O)c2cc(C(=O)Nc3ccccc3Oc3ccccc3)ccc2N1CC(C)C. The molecule has 0 unspecified atom stereocenters. The molecule has 7 nitrogen and oxygen atoms in total. The van der Waals surface area contributed by atoms with Crippen LogP contribution in [0.1, 0.15) is 31.1 Å². The quantitative estimate of drug-likeness (QED) is 0.535. The predicted molar refractivity (Wildman–Crippen MR) is 130 cm³/mol. The average molecular weight is 464 g/mol. The number of sulfonamides is 1. The van der Waals surface area contributed by atoms with Gasteiger partial charge < -0.3 is 15.0 Å². The van der Waals surface area contributed by atoms with E-state index in [0.717, 1.165) is 0 Å². The summed E-state index contributed by atoms with van der Waals surface area (Å²) in [5.74, 6) is 1.38. The number of ether oxygens (including phenoxy) is 1. The Morgan fingerprint density at radius 2 is 1.73 bits per heavy atom. The predicted octanol–water partition coefficient (Wildman–Crippen LogP) is 5.31. The van der Waals surface area contributed by atoms with Crippen molar-refractivity contribution in [3.8, 4) is 11.5 Å². The van der Waals surface area contributed by atoms with Crippen LogP contribution in [0.3, 0.4) is 0 Å². The molecule has 33 heavy (non-hydrogen) atoms. The van der Waals surface area contributed by atoms with Crippen molar-refractivity contribution in [3.05, 3.63) is 78.4 Å². The van der Waals surface area contributed by atoms with E-state index in [0.29, 0.717) is 41.2 Å². The number of nitrogens with one attached hydrogen (secondary N) is 1. The Hall–Kier alpha value is -3.65. The molecule has 4 rings (SSSR count). The first kappa shape index (κ1) is 22.5. The van der Waals surface area contributed by atoms with Crippen molar-refractivity contribution in [2.24, 2.45) is 10.3 Å². The molecule has 8 heteroatoms. The van der Waals surface area contributed by atoms with Gasteiger partial charge in [-0.3, -0.25) is 4.79 Å². The highest BCUT2D eigenvalue weighted by Gasteiger charge is 2.30. The van der Waals surface area contributed by atoms with Crippen LogP contribution in [0.5, 0.6) is 11.5 Å². The van der Waals surface area contributed by atoms with Crippen molar-refractivity contribution in [1.82, 2.24) is 0 Å². The summed E-state index contributed by atoms with van der Waals surface area (Å²) in [5.41, 5.74) is 1.22. The molecule has 3 aromatic carbocycles. The maximum Gasteiger partial charge on any atom is 0.286 e. The number of hydrogen-bond donors (Lipinski definition) is 1. The molecule has 1 N–H and O–H groups in total. The number of nitrogens with zero attached hydrogens (tertiary/aromatic N) is 2. The smallest absolute Gasteiger partial charge is 0.286 e. The molecule has 1 amide bonds. The number of fused-ring (bicyclic) bond motifs is 1. The zero-order valence-electron chi connectivity index (χ0n) is 18.6. The summed E-state index contributed by atoms with van der Waals surface area (Å²) in [7, 11) is -3.90. The van der Waals surface area contributed by atoms with Crippen LogP contribution >= 0.6 is 0 Å². The van der Waals surface area contributed by atoms with E-state index in [-0.39, 0.29) is 10.5 Å². The van der Waals surface area contributed by atoms with E-state index in [9.17, 15) is 13.2 Å². The second-order valence-corrected chi connectivity index (χ2v) is 9.74. The van der Waals surface area contributed by atoms with Gasteiger partial charge in [-0.15, -0.1) is 4.40 Å². The van der Waals surface area contributed by atoms with Gasteiger partial charge in [-0.1, -0.05) is 44.2 Å². The van der Waals surface area contributed by atoms with Crippen LogP contribution in [0.2, 0.25) is 0 Å².